The topological polar surface area (TPSA) is 12.5 Å². The third-order valence-electron chi connectivity index (χ3n) is 2.70. The van der Waals surface area contributed by atoms with Crippen LogP contribution in [0.5, 0.6) is 0 Å². The van der Waals surface area contributed by atoms with Gasteiger partial charge in [0.25, 0.3) is 0 Å². The lowest BCUT2D eigenvalue weighted by atomic mass is 10.1. The van der Waals surface area contributed by atoms with Gasteiger partial charge in [-0.25, -0.2) is 0 Å². The van der Waals surface area contributed by atoms with E-state index in [2.05, 4.69) is 25.8 Å². The van der Waals surface area contributed by atoms with Gasteiger partial charge in [0, 0.05) is 25.8 Å². The van der Waals surface area contributed by atoms with Crippen LogP contribution in [0.3, 0.4) is 0 Å². The third-order valence-corrected chi connectivity index (χ3v) is 2.70. The van der Waals surface area contributed by atoms with Crippen LogP contribution < -0.4 is 0 Å². The van der Waals surface area contributed by atoms with E-state index in [4.69, 9.17) is 4.74 Å². The smallest absolute Gasteiger partial charge is 0.0480 e. The molecule has 0 radical (unpaired) electrons. The summed E-state index contributed by atoms with van der Waals surface area (Å²) in [6.07, 6.45) is 3.75. The fraction of sp³-hybridized carbons (Fsp3) is 1.00. The lowest BCUT2D eigenvalue weighted by Gasteiger charge is -2.28. The summed E-state index contributed by atoms with van der Waals surface area (Å²) in [6, 6.07) is 0.755. The van der Waals surface area contributed by atoms with E-state index in [0.29, 0.717) is 0 Å². The second-order valence-corrected chi connectivity index (χ2v) is 4.53. The van der Waals surface area contributed by atoms with E-state index in [1.54, 1.807) is 0 Å². The molecule has 13 heavy (non-hydrogen) atoms. The van der Waals surface area contributed by atoms with Crippen molar-refractivity contribution in [2.45, 2.75) is 39.2 Å². The molecular weight excluding hydrogens is 162 g/mol. The van der Waals surface area contributed by atoms with E-state index in [0.717, 1.165) is 25.2 Å². The van der Waals surface area contributed by atoms with Gasteiger partial charge in [-0.2, -0.15) is 0 Å². The minimum Gasteiger partial charge on any atom is -0.381 e. The molecule has 0 bridgehead atoms. The quantitative estimate of drug-likeness (QED) is 0.668. The van der Waals surface area contributed by atoms with Crippen LogP contribution in [-0.2, 0) is 4.74 Å². The van der Waals surface area contributed by atoms with Crippen molar-refractivity contribution >= 4 is 0 Å². The Morgan fingerprint density at radius 1 is 1.31 bits per heavy atom. The molecule has 0 aliphatic carbocycles. The minimum atomic E-state index is 0.755. The molecule has 1 rings (SSSR count). The first-order valence-corrected chi connectivity index (χ1v) is 5.48. The third kappa shape index (κ3) is 4.10. The second kappa shape index (κ2) is 5.61. The fourth-order valence-corrected chi connectivity index (χ4v) is 2.05. The Hall–Kier alpha value is -0.0800. The molecule has 1 heterocycles. The maximum Gasteiger partial charge on any atom is 0.0480 e. The Bertz CT molecular complexity index is 128. The summed E-state index contributed by atoms with van der Waals surface area (Å²) in [5, 5.41) is 0. The summed E-state index contributed by atoms with van der Waals surface area (Å²) >= 11 is 0. The summed E-state index contributed by atoms with van der Waals surface area (Å²) < 4.78 is 5.45. The molecule has 0 spiro atoms. The second-order valence-electron chi connectivity index (χ2n) is 4.53. The molecule has 0 aromatic carbocycles. The predicted octanol–water partition coefficient (Wildman–Crippen LogP) is 2.14. The van der Waals surface area contributed by atoms with Crippen LogP contribution in [0.25, 0.3) is 0 Å². The average Bonchev–Trinajstić information content (AvgIpc) is 2.29. The van der Waals surface area contributed by atoms with Gasteiger partial charge in [0.05, 0.1) is 0 Å². The Morgan fingerprint density at radius 3 is 2.77 bits per heavy atom. The largest absolute Gasteiger partial charge is 0.381 e. The van der Waals surface area contributed by atoms with E-state index < -0.39 is 0 Å². The molecule has 1 saturated heterocycles. The fourth-order valence-electron chi connectivity index (χ4n) is 2.05. The van der Waals surface area contributed by atoms with Crippen LogP contribution in [0.15, 0.2) is 0 Å². The Morgan fingerprint density at radius 2 is 2.08 bits per heavy atom. The number of rotatable bonds is 3. The average molecular weight is 185 g/mol. The van der Waals surface area contributed by atoms with Gasteiger partial charge in [0.1, 0.15) is 0 Å². The summed E-state index contributed by atoms with van der Waals surface area (Å²) in [5.74, 6) is 0.772. The monoisotopic (exact) mass is 185 g/mol. The van der Waals surface area contributed by atoms with Crippen LogP contribution in [0.4, 0.5) is 0 Å². The van der Waals surface area contributed by atoms with Crippen LogP contribution in [0, 0.1) is 5.92 Å². The van der Waals surface area contributed by atoms with E-state index in [9.17, 15) is 0 Å². The minimum absolute atomic E-state index is 0.755. The Kier molecular flexibility index (Phi) is 4.74. The molecule has 0 aromatic rings. The molecule has 1 fully saturated rings. The first kappa shape index (κ1) is 11.0. The highest BCUT2D eigenvalue weighted by molar-refractivity contribution is 4.71. The first-order chi connectivity index (χ1) is 6.20. The molecular formula is C11H23NO. The van der Waals surface area contributed by atoms with Crippen LogP contribution in [-0.4, -0.2) is 37.7 Å². The van der Waals surface area contributed by atoms with Crippen LogP contribution >= 0.6 is 0 Å². The van der Waals surface area contributed by atoms with Gasteiger partial charge in [-0.3, -0.25) is 0 Å². The molecule has 1 unspecified atom stereocenters. The highest BCUT2D eigenvalue weighted by Gasteiger charge is 2.17. The Balaban J connectivity index is 2.30. The SMILES string of the molecule is CC(C)CN(C)C1CCCOCC1. The Labute approximate surface area is 82.3 Å². The standard InChI is InChI=1S/C11H23NO/c1-10(2)9-12(3)11-5-4-7-13-8-6-11/h10-11H,4-9H2,1-3H3. The zero-order valence-corrected chi connectivity index (χ0v) is 9.25. The van der Waals surface area contributed by atoms with Gasteiger partial charge in [-0.15, -0.1) is 0 Å². The lowest BCUT2D eigenvalue weighted by molar-refractivity contribution is 0.132. The van der Waals surface area contributed by atoms with Gasteiger partial charge < -0.3 is 9.64 Å². The van der Waals surface area contributed by atoms with Gasteiger partial charge in [-0.1, -0.05) is 13.8 Å². The molecule has 0 amide bonds. The highest BCUT2D eigenvalue weighted by Crippen LogP contribution is 2.14. The van der Waals surface area contributed by atoms with Crippen molar-refractivity contribution in [2.75, 3.05) is 26.8 Å². The highest BCUT2D eigenvalue weighted by atomic mass is 16.5. The summed E-state index contributed by atoms with van der Waals surface area (Å²) in [4.78, 5) is 2.50. The van der Waals surface area contributed by atoms with Crippen LogP contribution in [0.2, 0.25) is 0 Å². The van der Waals surface area contributed by atoms with Gasteiger partial charge >= 0.3 is 0 Å². The number of hydrogen-bond donors (Lipinski definition) is 0. The molecule has 1 aliphatic heterocycles. The molecule has 2 heteroatoms. The van der Waals surface area contributed by atoms with E-state index in [1.165, 1.54) is 25.8 Å². The maximum absolute atomic E-state index is 5.45. The zero-order valence-electron chi connectivity index (χ0n) is 9.25. The van der Waals surface area contributed by atoms with Gasteiger partial charge in [-0.05, 0) is 32.2 Å². The van der Waals surface area contributed by atoms with E-state index in [-0.39, 0.29) is 0 Å². The molecule has 0 N–H and O–H groups in total. The predicted molar refractivity (Wildman–Crippen MR) is 55.9 cm³/mol. The zero-order chi connectivity index (χ0) is 9.68. The molecule has 1 atom stereocenters. The van der Waals surface area contributed by atoms with E-state index in [1.807, 2.05) is 0 Å². The van der Waals surface area contributed by atoms with Crippen molar-refractivity contribution in [3.63, 3.8) is 0 Å². The van der Waals surface area contributed by atoms with Crippen LogP contribution in [0.1, 0.15) is 33.1 Å². The van der Waals surface area contributed by atoms with Crippen molar-refractivity contribution in [1.29, 1.82) is 0 Å². The molecule has 1 aliphatic rings. The van der Waals surface area contributed by atoms with Crippen molar-refractivity contribution in [1.82, 2.24) is 4.90 Å². The van der Waals surface area contributed by atoms with Crippen molar-refractivity contribution in [3.05, 3.63) is 0 Å². The molecule has 78 valence electrons. The van der Waals surface area contributed by atoms with Crippen molar-refractivity contribution in [3.8, 4) is 0 Å². The van der Waals surface area contributed by atoms with E-state index >= 15 is 0 Å². The maximum atomic E-state index is 5.45. The summed E-state index contributed by atoms with van der Waals surface area (Å²) in [5.41, 5.74) is 0. The first-order valence-electron chi connectivity index (χ1n) is 5.48. The van der Waals surface area contributed by atoms with Gasteiger partial charge in [0.2, 0.25) is 0 Å². The number of hydrogen-bond acceptors (Lipinski definition) is 2. The van der Waals surface area contributed by atoms with Gasteiger partial charge in [0.15, 0.2) is 0 Å². The summed E-state index contributed by atoms with van der Waals surface area (Å²) in [6.45, 7) is 7.69. The molecule has 0 saturated carbocycles. The normalized spacial score (nSPS) is 25.2. The number of ether oxygens (including phenoxy) is 1. The number of nitrogens with zero attached hydrogens (tertiary/aromatic N) is 1. The molecule has 0 aromatic heterocycles. The molecule has 2 nitrogen and oxygen atoms in total. The summed E-state index contributed by atoms with van der Waals surface area (Å²) in [7, 11) is 2.25. The van der Waals surface area contributed by atoms with Crippen molar-refractivity contribution in [2.24, 2.45) is 5.92 Å². The van der Waals surface area contributed by atoms with Crippen molar-refractivity contribution < 1.29 is 4.74 Å². The lowest BCUT2D eigenvalue weighted by Crippen LogP contribution is -2.34.